The van der Waals surface area contributed by atoms with Crippen LogP contribution in [0.1, 0.15) is 47.7 Å². The van der Waals surface area contributed by atoms with Crippen molar-refractivity contribution in [1.82, 2.24) is 15.5 Å². The number of carbonyl (C=O) groups excluding carboxylic acids is 2. The predicted molar refractivity (Wildman–Crippen MR) is 111 cm³/mol. The fourth-order valence-corrected chi connectivity index (χ4v) is 5.13. The maximum atomic E-state index is 12.3. The third kappa shape index (κ3) is 4.45. The van der Waals surface area contributed by atoms with Gasteiger partial charge in [-0.25, -0.2) is 0 Å². The molecule has 0 spiro atoms. The van der Waals surface area contributed by atoms with Crippen LogP contribution < -0.4 is 10.6 Å². The van der Waals surface area contributed by atoms with Crippen molar-refractivity contribution in [3.8, 4) is 0 Å². The molecule has 0 saturated heterocycles. The highest BCUT2D eigenvalue weighted by Gasteiger charge is 2.27. The summed E-state index contributed by atoms with van der Waals surface area (Å²) in [7, 11) is 0. The minimum absolute atomic E-state index is 0.0802. The Labute approximate surface area is 170 Å². The highest BCUT2D eigenvalue weighted by atomic mass is 32.1. The minimum atomic E-state index is -0.522. The first kappa shape index (κ1) is 19.2. The first-order chi connectivity index (χ1) is 13.7. The van der Waals surface area contributed by atoms with E-state index in [0.717, 1.165) is 45.2 Å². The molecular weight excluding hydrogens is 370 g/mol. The average Bonchev–Trinajstić information content (AvgIpc) is 3.42. The van der Waals surface area contributed by atoms with E-state index in [0.29, 0.717) is 6.54 Å². The van der Waals surface area contributed by atoms with Gasteiger partial charge in [0.2, 0.25) is 0 Å². The van der Waals surface area contributed by atoms with Crippen LogP contribution in [0.4, 0.5) is 0 Å². The van der Waals surface area contributed by atoms with Gasteiger partial charge < -0.3 is 10.6 Å². The first-order valence-electron chi connectivity index (χ1n) is 10.1. The second-order valence-electron chi connectivity index (χ2n) is 7.69. The molecule has 2 aromatic rings. The van der Waals surface area contributed by atoms with Gasteiger partial charge in [0.25, 0.3) is 0 Å². The van der Waals surface area contributed by atoms with Gasteiger partial charge in [-0.05, 0) is 41.8 Å². The van der Waals surface area contributed by atoms with Crippen LogP contribution in [0.2, 0.25) is 0 Å². The van der Waals surface area contributed by atoms with E-state index in [1.807, 2.05) is 6.07 Å². The van der Waals surface area contributed by atoms with Gasteiger partial charge in [-0.15, -0.1) is 11.3 Å². The average molecular weight is 398 g/mol. The molecule has 28 heavy (non-hydrogen) atoms. The number of nitrogens with one attached hydrogen (secondary N) is 2. The largest absolute Gasteiger partial charge is 0.346 e. The number of hydrogen-bond acceptors (Lipinski definition) is 4. The van der Waals surface area contributed by atoms with E-state index in [9.17, 15) is 9.59 Å². The maximum absolute atomic E-state index is 12.3. The quantitative estimate of drug-likeness (QED) is 0.763. The van der Waals surface area contributed by atoms with Crippen molar-refractivity contribution in [2.75, 3.05) is 13.1 Å². The maximum Gasteiger partial charge on any atom is 0.309 e. The smallest absolute Gasteiger partial charge is 0.309 e. The van der Waals surface area contributed by atoms with Gasteiger partial charge in [0.1, 0.15) is 0 Å². The van der Waals surface area contributed by atoms with Crippen molar-refractivity contribution >= 4 is 23.2 Å². The Balaban J connectivity index is 1.40. The lowest BCUT2D eigenvalue weighted by Gasteiger charge is -2.35. The summed E-state index contributed by atoms with van der Waals surface area (Å²) in [6.07, 6.45) is 5.22. The Bertz CT molecular complexity index is 815. The second kappa shape index (κ2) is 8.88. The molecule has 0 radical (unpaired) electrons. The molecule has 2 heterocycles. The van der Waals surface area contributed by atoms with Crippen molar-refractivity contribution in [1.29, 1.82) is 0 Å². The van der Waals surface area contributed by atoms with E-state index >= 15 is 0 Å². The normalized spacial score (nSPS) is 18.4. The molecule has 0 bridgehead atoms. The third-order valence-corrected chi connectivity index (χ3v) is 6.80. The standard InChI is InChI=1S/C22H27N3O2S/c26-21(22(27)24-18-8-3-4-9-18)23-14-19(20-10-5-13-28-20)25-12-11-16-6-1-2-7-17(16)15-25/h1-2,5-7,10,13,18-19H,3-4,8-9,11-12,14-15H2,(H,23,26)(H,24,27). The summed E-state index contributed by atoms with van der Waals surface area (Å²) < 4.78 is 0. The van der Waals surface area contributed by atoms with Crippen LogP contribution in [-0.4, -0.2) is 35.8 Å². The topological polar surface area (TPSA) is 61.4 Å². The van der Waals surface area contributed by atoms with Crippen molar-refractivity contribution in [3.63, 3.8) is 0 Å². The van der Waals surface area contributed by atoms with Crippen molar-refractivity contribution in [2.45, 2.75) is 50.7 Å². The van der Waals surface area contributed by atoms with Crippen LogP contribution >= 0.6 is 11.3 Å². The number of nitrogens with zero attached hydrogens (tertiary/aromatic N) is 1. The highest BCUT2D eigenvalue weighted by Crippen LogP contribution is 2.30. The van der Waals surface area contributed by atoms with Crippen LogP contribution in [0, 0.1) is 0 Å². The van der Waals surface area contributed by atoms with Crippen molar-refractivity contribution in [2.24, 2.45) is 0 Å². The zero-order valence-corrected chi connectivity index (χ0v) is 16.8. The molecule has 148 valence electrons. The van der Waals surface area contributed by atoms with Crippen LogP contribution in [0.3, 0.4) is 0 Å². The number of hydrogen-bond donors (Lipinski definition) is 2. The van der Waals surface area contributed by atoms with Crippen LogP contribution in [0.25, 0.3) is 0 Å². The summed E-state index contributed by atoms with van der Waals surface area (Å²) in [5.74, 6) is -1.02. The summed E-state index contributed by atoms with van der Waals surface area (Å²) in [5.41, 5.74) is 2.75. The number of carbonyl (C=O) groups is 2. The molecule has 1 atom stereocenters. The fourth-order valence-electron chi connectivity index (χ4n) is 4.26. The van der Waals surface area contributed by atoms with Crippen molar-refractivity contribution < 1.29 is 9.59 Å². The summed E-state index contributed by atoms with van der Waals surface area (Å²) >= 11 is 1.70. The summed E-state index contributed by atoms with van der Waals surface area (Å²) in [4.78, 5) is 28.2. The van der Waals surface area contributed by atoms with Crippen LogP contribution in [-0.2, 0) is 22.6 Å². The number of fused-ring (bicyclic) bond motifs is 1. The molecular formula is C22H27N3O2S. The van der Waals surface area contributed by atoms with E-state index in [4.69, 9.17) is 0 Å². The van der Waals surface area contributed by atoms with Gasteiger partial charge in [-0.2, -0.15) is 0 Å². The Kier molecular flexibility index (Phi) is 6.07. The minimum Gasteiger partial charge on any atom is -0.346 e. The molecule has 2 N–H and O–H groups in total. The molecule has 6 heteroatoms. The molecule has 2 amide bonds. The zero-order chi connectivity index (χ0) is 19.3. The third-order valence-electron chi connectivity index (χ3n) is 5.83. The summed E-state index contributed by atoms with van der Waals surface area (Å²) in [6, 6.07) is 12.9. The summed E-state index contributed by atoms with van der Waals surface area (Å²) in [6.45, 7) is 2.26. The number of amides is 2. The molecule has 1 saturated carbocycles. The van der Waals surface area contributed by atoms with Gasteiger partial charge in [-0.3, -0.25) is 14.5 Å². The Morgan fingerprint density at radius 2 is 1.86 bits per heavy atom. The molecule has 1 fully saturated rings. The molecule has 1 aliphatic heterocycles. The monoisotopic (exact) mass is 397 g/mol. The lowest BCUT2D eigenvalue weighted by molar-refractivity contribution is -0.139. The lowest BCUT2D eigenvalue weighted by Crippen LogP contribution is -2.46. The Hall–Kier alpha value is -2.18. The molecule has 1 aromatic heterocycles. The van der Waals surface area contributed by atoms with E-state index in [1.165, 1.54) is 16.0 Å². The number of benzene rings is 1. The second-order valence-corrected chi connectivity index (χ2v) is 8.66. The van der Waals surface area contributed by atoms with Gasteiger partial charge in [0, 0.05) is 30.6 Å². The van der Waals surface area contributed by atoms with Crippen LogP contribution in [0.5, 0.6) is 0 Å². The van der Waals surface area contributed by atoms with Crippen molar-refractivity contribution in [3.05, 3.63) is 57.8 Å². The lowest BCUT2D eigenvalue weighted by atomic mass is 9.98. The van der Waals surface area contributed by atoms with Gasteiger partial charge in [-0.1, -0.05) is 43.2 Å². The van der Waals surface area contributed by atoms with Crippen LogP contribution in [0.15, 0.2) is 41.8 Å². The van der Waals surface area contributed by atoms with E-state index in [2.05, 4.69) is 51.2 Å². The van der Waals surface area contributed by atoms with Gasteiger partial charge in [0.15, 0.2) is 0 Å². The zero-order valence-electron chi connectivity index (χ0n) is 16.0. The van der Waals surface area contributed by atoms with Gasteiger partial charge in [0.05, 0.1) is 6.04 Å². The molecule has 4 rings (SSSR count). The molecule has 1 aliphatic carbocycles. The Morgan fingerprint density at radius 1 is 1.07 bits per heavy atom. The van der Waals surface area contributed by atoms with E-state index < -0.39 is 11.8 Å². The molecule has 2 aliphatic rings. The molecule has 1 aromatic carbocycles. The Morgan fingerprint density at radius 3 is 2.61 bits per heavy atom. The highest BCUT2D eigenvalue weighted by molar-refractivity contribution is 7.10. The predicted octanol–water partition coefficient (Wildman–Crippen LogP) is 3.02. The van der Waals surface area contributed by atoms with Gasteiger partial charge >= 0.3 is 11.8 Å². The number of rotatable bonds is 5. The molecule has 1 unspecified atom stereocenters. The SMILES string of the molecule is O=C(NCC(c1cccs1)N1CCc2ccccc2C1)C(=O)NC1CCCC1. The molecule has 5 nitrogen and oxygen atoms in total. The van der Waals surface area contributed by atoms with E-state index in [-0.39, 0.29) is 12.1 Å². The first-order valence-corrected chi connectivity index (χ1v) is 11.0. The van der Waals surface area contributed by atoms with E-state index in [1.54, 1.807) is 11.3 Å². The number of thiophene rings is 1. The fraction of sp³-hybridized carbons (Fsp3) is 0.455. The summed E-state index contributed by atoms with van der Waals surface area (Å²) in [5, 5.41) is 7.81.